The Hall–Kier alpha value is -4.20. The average molecular weight is 504 g/mol. The van der Waals surface area contributed by atoms with Gasteiger partial charge < -0.3 is 28.6 Å². The van der Waals surface area contributed by atoms with Crippen LogP contribution in [0.4, 0.5) is 0 Å². The summed E-state index contributed by atoms with van der Waals surface area (Å²) < 4.78 is 22.7. The molecule has 0 spiro atoms. The van der Waals surface area contributed by atoms with E-state index in [-0.39, 0.29) is 24.0 Å². The third-order valence-electron chi connectivity index (χ3n) is 6.50. The van der Waals surface area contributed by atoms with Crippen LogP contribution in [-0.4, -0.2) is 41.0 Å². The number of Topliss-reactive ketones (excluding diaryl/α,β-unsaturated/α-hetero) is 1. The first-order chi connectivity index (χ1) is 17.9. The number of carbonyl (C=O) groups is 2. The maximum atomic E-state index is 13.4. The highest BCUT2D eigenvalue weighted by atomic mass is 16.5. The molecule has 3 heterocycles. The minimum Gasteiger partial charge on any atom is -0.507 e. The predicted octanol–water partition coefficient (Wildman–Crippen LogP) is 5.02. The van der Waals surface area contributed by atoms with Gasteiger partial charge in [0.25, 0.3) is 11.7 Å². The van der Waals surface area contributed by atoms with Gasteiger partial charge in [0.05, 0.1) is 37.6 Å². The summed E-state index contributed by atoms with van der Waals surface area (Å²) >= 11 is 0. The van der Waals surface area contributed by atoms with Crippen molar-refractivity contribution in [2.45, 2.75) is 45.9 Å². The molecule has 2 aliphatic heterocycles. The summed E-state index contributed by atoms with van der Waals surface area (Å²) in [5, 5.41) is 11.5. The highest BCUT2D eigenvalue weighted by Crippen LogP contribution is 2.43. The van der Waals surface area contributed by atoms with Crippen LogP contribution in [0.1, 0.15) is 49.3 Å². The third-order valence-corrected chi connectivity index (χ3v) is 6.50. The van der Waals surface area contributed by atoms with E-state index in [0.717, 1.165) is 11.3 Å². The molecular formula is C29H29NO7. The van der Waals surface area contributed by atoms with Gasteiger partial charge in [-0.05, 0) is 74.4 Å². The van der Waals surface area contributed by atoms with E-state index in [1.54, 1.807) is 42.5 Å². The van der Waals surface area contributed by atoms with E-state index >= 15 is 0 Å². The Morgan fingerprint density at radius 2 is 1.84 bits per heavy atom. The Morgan fingerprint density at radius 1 is 1.05 bits per heavy atom. The topological polar surface area (TPSA) is 98.4 Å². The molecule has 0 saturated carbocycles. The first-order valence-corrected chi connectivity index (χ1v) is 12.4. The zero-order valence-corrected chi connectivity index (χ0v) is 21.0. The van der Waals surface area contributed by atoms with Crippen molar-refractivity contribution in [3.8, 4) is 17.2 Å². The largest absolute Gasteiger partial charge is 0.507 e. The number of aliphatic hydroxyl groups excluding tert-OH is 1. The van der Waals surface area contributed by atoms with Gasteiger partial charge in [-0.15, -0.1) is 0 Å². The molecule has 3 aromatic rings. The lowest BCUT2D eigenvalue weighted by atomic mass is 9.94. The Kier molecular flexibility index (Phi) is 6.65. The highest BCUT2D eigenvalue weighted by molar-refractivity contribution is 6.46. The molecule has 0 radical (unpaired) electrons. The number of rotatable bonds is 8. The summed E-state index contributed by atoms with van der Waals surface area (Å²) in [6, 6.07) is 13.2. The number of amides is 1. The Labute approximate surface area is 215 Å². The van der Waals surface area contributed by atoms with Crippen molar-refractivity contribution in [3.05, 3.63) is 82.8 Å². The quantitative estimate of drug-likeness (QED) is 0.262. The van der Waals surface area contributed by atoms with Crippen LogP contribution < -0.4 is 14.2 Å². The molecule has 1 amide bonds. The van der Waals surface area contributed by atoms with Gasteiger partial charge in [0.1, 0.15) is 23.4 Å². The van der Waals surface area contributed by atoms with Gasteiger partial charge >= 0.3 is 0 Å². The van der Waals surface area contributed by atoms with Crippen molar-refractivity contribution >= 4 is 17.4 Å². The monoisotopic (exact) mass is 503 g/mol. The van der Waals surface area contributed by atoms with E-state index in [2.05, 4.69) is 0 Å². The van der Waals surface area contributed by atoms with Gasteiger partial charge in [0.15, 0.2) is 11.5 Å². The van der Waals surface area contributed by atoms with Gasteiger partial charge in [0, 0.05) is 12.0 Å². The van der Waals surface area contributed by atoms with Crippen LogP contribution in [0.2, 0.25) is 0 Å². The van der Waals surface area contributed by atoms with Gasteiger partial charge in [0.2, 0.25) is 0 Å². The molecular weight excluding hydrogens is 474 g/mol. The van der Waals surface area contributed by atoms with E-state index < -0.39 is 17.7 Å². The number of fused-ring (bicyclic) bond motifs is 1. The maximum absolute atomic E-state index is 13.4. The second-order valence-corrected chi connectivity index (χ2v) is 9.03. The molecule has 2 aliphatic rings. The number of ether oxygens (including phenoxy) is 3. The number of benzene rings is 2. The summed E-state index contributed by atoms with van der Waals surface area (Å²) in [5.41, 5.74) is 2.01. The summed E-state index contributed by atoms with van der Waals surface area (Å²) in [6.07, 6.45) is 2.24. The van der Waals surface area contributed by atoms with Crippen LogP contribution in [0.3, 0.4) is 0 Å². The first-order valence-electron chi connectivity index (χ1n) is 12.4. The molecule has 2 aromatic carbocycles. The number of carbonyl (C=O) groups excluding carboxylic acids is 2. The summed E-state index contributed by atoms with van der Waals surface area (Å²) in [5.74, 6) is 0.620. The lowest BCUT2D eigenvalue weighted by Crippen LogP contribution is -2.29. The Bertz CT molecular complexity index is 1360. The number of hydrogen-bond acceptors (Lipinski definition) is 7. The average Bonchev–Trinajstić information content (AvgIpc) is 3.59. The molecule has 0 bridgehead atoms. The smallest absolute Gasteiger partial charge is 0.296 e. The van der Waals surface area contributed by atoms with E-state index in [9.17, 15) is 14.7 Å². The van der Waals surface area contributed by atoms with Gasteiger partial charge in [-0.2, -0.15) is 0 Å². The van der Waals surface area contributed by atoms with Crippen molar-refractivity contribution < 1.29 is 33.3 Å². The lowest BCUT2D eigenvalue weighted by Gasteiger charge is -2.25. The third kappa shape index (κ3) is 4.55. The number of hydrogen-bond donors (Lipinski definition) is 1. The number of nitrogens with zero attached hydrogens (tertiary/aromatic N) is 1. The van der Waals surface area contributed by atoms with Crippen molar-refractivity contribution in [1.82, 2.24) is 4.90 Å². The normalized spacial score (nSPS) is 20.1. The predicted molar refractivity (Wildman–Crippen MR) is 136 cm³/mol. The molecule has 0 unspecified atom stereocenters. The van der Waals surface area contributed by atoms with Gasteiger partial charge in [-0.1, -0.05) is 6.07 Å². The van der Waals surface area contributed by atoms with Gasteiger partial charge in [-0.25, -0.2) is 0 Å². The van der Waals surface area contributed by atoms with Crippen LogP contribution >= 0.6 is 0 Å². The number of likely N-dealkylation sites (tertiary alicyclic amines) is 1. The fourth-order valence-electron chi connectivity index (χ4n) is 4.92. The zero-order chi connectivity index (χ0) is 26.1. The molecule has 1 saturated heterocycles. The van der Waals surface area contributed by atoms with Crippen LogP contribution in [0.25, 0.3) is 5.76 Å². The lowest BCUT2D eigenvalue weighted by molar-refractivity contribution is -0.140. The molecule has 192 valence electrons. The maximum Gasteiger partial charge on any atom is 0.296 e. The fourth-order valence-corrected chi connectivity index (χ4v) is 4.92. The molecule has 1 aromatic heterocycles. The standard InChI is InChI=1S/C29H29NO7/c1-4-34-23-11-8-18(15-24(23)35-5-2)26-25(28(32)29(33)30(26)16-21-7-6-12-36-21)27(31)19-9-10-22-20(14-19)13-17(3)37-22/h6-12,14-15,17,26,31H,4-5,13,16H2,1-3H3/b27-25+/t17-,26+/m1/s1. The van der Waals surface area contributed by atoms with Crippen molar-refractivity contribution in [3.63, 3.8) is 0 Å². The Morgan fingerprint density at radius 3 is 2.57 bits per heavy atom. The molecule has 8 nitrogen and oxygen atoms in total. The molecule has 37 heavy (non-hydrogen) atoms. The SMILES string of the molecule is CCOc1ccc([C@H]2/C(=C(\O)c3ccc4c(c3)C[C@@H](C)O4)C(=O)C(=O)N2Cc2ccco2)cc1OCC. The van der Waals surface area contributed by atoms with Crippen molar-refractivity contribution in [2.75, 3.05) is 13.2 Å². The molecule has 2 atom stereocenters. The van der Waals surface area contributed by atoms with Crippen molar-refractivity contribution in [2.24, 2.45) is 0 Å². The van der Waals surface area contributed by atoms with E-state index in [4.69, 9.17) is 18.6 Å². The molecule has 8 heteroatoms. The second kappa shape index (κ2) is 10.0. The highest BCUT2D eigenvalue weighted by Gasteiger charge is 2.46. The molecule has 0 aliphatic carbocycles. The van der Waals surface area contributed by atoms with Crippen LogP contribution in [0.5, 0.6) is 17.2 Å². The van der Waals surface area contributed by atoms with E-state index in [1.807, 2.05) is 26.8 Å². The van der Waals surface area contributed by atoms with Crippen LogP contribution in [0.15, 0.2) is 64.8 Å². The second-order valence-electron chi connectivity index (χ2n) is 9.03. The van der Waals surface area contributed by atoms with Crippen LogP contribution in [-0.2, 0) is 22.6 Å². The van der Waals surface area contributed by atoms with Gasteiger partial charge in [-0.3, -0.25) is 9.59 Å². The Balaban J connectivity index is 1.64. The molecule has 1 N–H and O–H groups in total. The summed E-state index contributed by atoms with van der Waals surface area (Å²) in [6.45, 7) is 6.64. The first kappa shape index (κ1) is 24.5. The van der Waals surface area contributed by atoms with E-state index in [0.29, 0.717) is 48.0 Å². The summed E-state index contributed by atoms with van der Waals surface area (Å²) in [4.78, 5) is 28.1. The molecule has 1 fully saturated rings. The number of furan rings is 1. The number of aliphatic hydroxyl groups is 1. The van der Waals surface area contributed by atoms with Crippen LogP contribution in [0, 0.1) is 0 Å². The zero-order valence-electron chi connectivity index (χ0n) is 21.0. The molecule has 5 rings (SSSR count). The number of ketones is 1. The summed E-state index contributed by atoms with van der Waals surface area (Å²) in [7, 11) is 0. The minimum atomic E-state index is -0.858. The van der Waals surface area contributed by atoms with Crippen molar-refractivity contribution in [1.29, 1.82) is 0 Å². The minimum absolute atomic E-state index is 0.00933. The van der Waals surface area contributed by atoms with E-state index in [1.165, 1.54) is 11.2 Å². The fraction of sp³-hybridized carbons (Fsp3) is 0.310.